The summed E-state index contributed by atoms with van der Waals surface area (Å²) in [6.07, 6.45) is -2.03. The van der Waals surface area contributed by atoms with E-state index in [0.29, 0.717) is 13.2 Å². The zero-order valence-electron chi connectivity index (χ0n) is 19.5. The van der Waals surface area contributed by atoms with E-state index in [4.69, 9.17) is 14.2 Å². The van der Waals surface area contributed by atoms with Crippen molar-refractivity contribution in [2.75, 3.05) is 19.7 Å². The highest BCUT2D eigenvalue weighted by Gasteiger charge is 2.29. The van der Waals surface area contributed by atoms with Crippen LogP contribution in [0.4, 0.5) is 13.6 Å². The summed E-state index contributed by atoms with van der Waals surface area (Å²) in [7, 11) is 0. The van der Waals surface area contributed by atoms with Crippen molar-refractivity contribution in [3.8, 4) is 0 Å². The van der Waals surface area contributed by atoms with Gasteiger partial charge in [-0.15, -0.1) is 0 Å². The van der Waals surface area contributed by atoms with Gasteiger partial charge in [-0.05, 0) is 66.5 Å². The fourth-order valence-corrected chi connectivity index (χ4v) is 3.23. The van der Waals surface area contributed by atoms with Crippen LogP contribution in [0.5, 0.6) is 0 Å². The van der Waals surface area contributed by atoms with E-state index in [0.717, 1.165) is 12.1 Å². The van der Waals surface area contributed by atoms with Gasteiger partial charge >= 0.3 is 12.1 Å². The van der Waals surface area contributed by atoms with Crippen LogP contribution in [0.25, 0.3) is 0 Å². The van der Waals surface area contributed by atoms with E-state index in [-0.39, 0.29) is 24.9 Å². The smallest absolute Gasteiger partial charge is 0.410 e. The second kappa shape index (κ2) is 10.1. The fourth-order valence-electron chi connectivity index (χ4n) is 3.23. The maximum Gasteiger partial charge on any atom is 0.410 e. The van der Waals surface area contributed by atoms with Gasteiger partial charge in [-0.1, -0.05) is 0 Å². The molecule has 1 N–H and O–H groups in total. The zero-order valence-corrected chi connectivity index (χ0v) is 19.5. The van der Waals surface area contributed by atoms with E-state index >= 15 is 0 Å². The summed E-state index contributed by atoms with van der Waals surface area (Å²) in [6.45, 7) is 11.2. The fraction of sp³-hybridized carbons (Fsp3) is 0.652. The first kappa shape index (κ1) is 26.0. The molecule has 1 aromatic rings. The molecule has 0 aliphatic carbocycles. The van der Waals surface area contributed by atoms with E-state index in [1.165, 1.54) is 4.90 Å². The lowest BCUT2D eigenvalue weighted by atomic mass is 9.99. The van der Waals surface area contributed by atoms with E-state index in [1.807, 2.05) is 0 Å². The van der Waals surface area contributed by atoms with E-state index in [2.05, 4.69) is 0 Å². The normalized spacial score (nSPS) is 18.3. The van der Waals surface area contributed by atoms with Gasteiger partial charge in [0.05, 0.1) is 36.5 Å². The average Bonchev–Trinajstić information content (AvgIpc) is 2.63. The van der Waals surface area contributed by atoms with E-state index < -0.39 is 52.7 Å². The van der Waals surface area contributed by atoms with Crippen LogP contribution in [0.3, 0.4) is 0 Å². The number of ether oxygens (including phenoxy) is 3. The number of aliphatic hydroxyl groups excluding tert-OH is 1. The minimum Gasteiger partial charge on any atom is -0.456 e. The zero-order chi connectivity index (χ0) is 24.3. The Hall–Kier alpha value is -2.26. The third kappa shape index (κ3) is 7.70. The van der Waals surface area contributed by atoms with Crippen LogP contribution in [0.2, 0.25) is 0 Å². The molecular weight excluding hydrogens is 424 g/mol. The molecule has 1 heterocycles. The summed E-state index contributed by atoms with van der Waals surface area (Å²) >= 11 is 0. The number of benzene rings is 1. The number of nitrogens with zero attached hydrogens (tertiary/aromatic N) is 1. The molecule has 2 rings (SSSR count). The van der Waals surface area contributed by atoms with Crippen molar-refractivity contribution in [2.45, 2.75) is 77.8 Å². The summed E-state index contributed by atoms with van der Waals surface area (Å²) in [5.74, 6) is -2.91. The van der Waals surface area contributed by atoms with Crippen LogP contribution >= 0.6 is 0 Å². The number of esters is 1. The molecule has 1 aliphatic rings. The highest BCUT2D eigenvalue weighted by atomic mass is 19.1. The van der Waals surface area contributed by atoms with E-state index in [1.54, 1.807) is 41.5 Å². The first-order chi connectivity index (χ1) is 14.7. The molecule has 9 heteroatoms. The second-order valence-corrected chi connectivity index (χ2v) is 9.87. The molecular formula is C23H33F2NO6. The van der Waals surface area contributed by atoms with Crippen molar-refractivity contribution >= 4 is 12.1 Å². The predicted molar refractivity (Wildman–Crippen MR) is 113 cm³/mol. The molecule has 7 nitrogen and oxygen atoms in total. The van der Waals surface area contributed by atoms with Gasteiger partial charge in [-0.2, -0.15) is 0 Å². The number of rotatable bonds is 5. The molecule has 32 heavy (non-hydrogen) atoms. The summed E-state index contributed by atoms with van der Waals surface area (Å²) < 4.78 is 45.2. The lowest BCUT2D eigenvalue weighted by Gasteiger charge is -2.34. The number of morpholine rings is 1. The highest BCUT2D eigenvalue weighted by Crippen LogP contribution is 2.28. The standard InChI is InChI=1S/C23H33F2NO6/c1-22(2,3)31-20(28)14-11-16(24)19(17(25)12-14)18(27)8-7-15-13-26(9-10-30-15)21(29)32-23(4,5)6/h11-12,15,18,27H,7-10,13H2,1-6H3/t15-,18-/m0/s1. The number of hydrogen-bond donors (Lipinski definition) is 1. The molecule has 0 aromatic heterocycles. The van der Waals surface area contributed by atoms with Crippen LogP contribution in [0.15, 0.2) is 12.1 Å². The largest absolute Gasteiger partial charge is 0.456 e. The predicted octanol–water partition coefficient (Wildman–Crippen LogP) is 4.37. The van der Waals surface area contributed by atoms with Gasteiger partial charge in [-0.3, -0.25) is 0 Å². The van der Waals surface area contributed by atoms with Crippen LogP contribution in [-0.4, -0.2) is 59.1 Å². The van der Waals surface area contributed by atoms with Crippen LogP contribution in [0.1, 0.15) is 76.4 Å². The molecule has 1 amide bonds. The Bertz CT molecular complexity index is 808. The monoisotopic (exact) mass is 457 g/mol. The average molecular weight is 458 g/mol. The molecule has 1 saturated heterocycles. The quantitative estimate of drug-likeness (QED) is 0.661. The third-order valence-electron chi connectivity index (χ3n) is 4.60. The SMILES string of the molecule is CC(C)(C)OC(=O)c1cc(F)c([C@@H](O)CC[C@H]2CN(C(=O)OC(C)(C)C)CCO2)c(F)c1. The van der Waals surface area contributed by atoms with Gasteiger partial charge in [0.1, 0.15) is 22.8 Å². The first-order valence-corrected chi connectivity index (χ1v) is 10.7. The molecule has 0 radical (unpaired) electrons. The molecule has 0 saturated carbocycles. The lowest BCUT2D eigenvalue weighted by Crippen LogP contribution is -2.47. The Labute approximate surface area is 187 Å². The Balaban J connectivity index is 2.00. The second-order valence-electron chi connectivity index (χ2n) is 9.87. The van der Waals surface area contributed by atoms with Gasteiger partial charge < -0.3 is 24.2 Å². The van der Waals surface area contributed by atoms with Gasteiger partial charge in [0.2, 0.25) is 0 Å². The molecule has 0 unspecified atom stereocenters. The van der Waals surface area contributed by atoms with Gasteiger partial charge in [0.15, 0.2) is 0 Å². The Morgan fingerprint density at radius 1 is 1.12 bits per heavy atom. The number of hydrogen-bond acceptors (Lipinski definition) is 6. The maximum absolute atomic E-state index is 14.5. The molecule has 1 aliphatic heterocycles. The van der Waals surface area contributed by atoms with Crippen molar-refractivity contribution in [3.05, 3.63) is 34.9 Å². The Kier molecular flexibility index (Phi) is 8.22. The Morgan fingerprint density at radius 3 is 2.22 bits per heavy atom. The Morgan fingerprint density at radius 2 is 1.69 bits per heavy atom. The van der Waals surface area contributed by atoms with Gasteiger partial charge in [-0.25, -0.2) is 18.4 Å². The van der Waals surface area contributed by atoms with Crippen molar-refractivity contribution in [1.29, 1.82) is 0 Å². The van der Waals surface area contributed by atoms with Crippen molar-refractivity contribution < 1.29 is 37.7 Å². The summed E-state index contributed by atoms with van der Waals surface area (Å²) in [6, 6.07) is 1.72. The number of carbonyl (C=O) groups is 2. The summed E-state index contributed by atoms with van der Waals surface area (Å²) in [5.41, 5.74) is -2.22. The lowest BCUT2D eigenvalue weighted by molar-refractivity contribution is -0.0483. The number of carbonyl (C=O) groups excluding carboxylic acids is 2. The number of amides is 1. The molecule has 1 aromatic carbocycles. The van der Waals surface area contributed by atoms with Gasteiger partial charge in [0.25, 0.3) is 0 Å². The van der Waals surface area contributed by atoms with Gasteiger partial charge in [0, 0.05) is 6.54 Å². The maximum atomic E-state index is 14.5. The van der Waals surface area contributed by atoms with Crippen molar-refractivity contribution in [2.24, 2.45) is 0 Å². The molecule has 0 bridgehead atoms. The first-order valence-electron chi connectivity index (χ1n) is 10.7. The minimum absolute atomic E-state index is 0.00640. The summed E-state index contributed by atoms with van der Waals surface area (Å²) in [4.78, 5) is 25.8. The van der Waals surface area contributed by atoms with Crippen LogP contribution < -0.4 is 0 Å². The third-order valence-corrected chi connectivity index (χ3v) is 4.60. The molecule has 1 fully saturated rings. The number of halogens is 2. The highest BCUT2D eigenvalue weighted by molar-refractivity contribution is 5.89. The molecule has 0 spiro atoms. The topological polar surface area (TPSA) is 85.3 Å². The minimum atomic E-state index is -1.44. The van der Waals surface area contributed by atoms with Crippen molar-refractivity contribution in [3.63, 3.8) is 0 Å². The van der Waals surface area contributed by atoms with E-state index in [9.17, 15) is 23.5 Å². The summed E-state index contributed by atoms with van der Waals surface area (Å²) in [5, 5.41) is 10.4. The van der Waals surface area contributed by atoms with Crippen molar-refractivity contribution in [1.82, 2.24) is 4.90 Å². The molecule has 2 atom stereocenters. The van der Waals surface area contributed by atoms with Crippen LogP contribution in [-0.2, 0) is 14.2 Å². The van der Waals surface area contributed by atoms with Crippen LogP contribution in [0, 0.1) is 11.6 Å². The number of aliphatic hydroxyl groups is 1. The molecule has 180 valence electrons.